The molecule has 0 bridgehead atoms. The number of benzene rings is 2. The first kappa shape index (κ1) is 19.7. The number of methoxy groups -OCH3 is 1. The number of thiophene rings is 1. The fraction of sp³-hybridized carbons (Fsp3) is 0.273. The van der Waals surface area contributed by atoms with Crippen molar-refractivity contribution in [3.63, 3.8) is 0 Å². The zero-order chi connectivity index (χ0) is 20.4. The summed E-state index contributed by atoms with van der Waals surface area (Å²) in [5, 5.41) is 4.11. The fourth-order valence-corrected chi connectivity index (χ4v) is 4.96. The van der Waals surface area contributed by atoms with Crippen LogP contribution in [0.5, 0.6) is 5.75 Å². The number of anilines is 1. The minimum Gasteiger partial charge on any atom is -0.497 e. The van der Waals surface area contributed by atoms with Gasteiger partial charge in [-0.1, -0.05) is 17.7 Å². The minimum absolute atomic E-state index is 0.00721. The molecule has 0 aliphatic carbocycles. The number of piperidine rings is 1. The molecular formula is C22H21ClN2O3S. The normalized spacial score (nSPS) is 14.1. The zero-order valence-electron chi connectivity index (χ0n) is 16.0. The van der Waals surface area contributed by atoms with E-state index in [4.69, 9.17) is 16.3 Å². The van der Waals surface area contributed by atoms with Crippen LogP contribution in [0.2, 0.25) is 5.02 Å². The predicted octanol–water partition coefficient (Wildman–Crippen LogP) is 5.44. The average molecular weight is 429 g/mol. The van der Waals surface area contributed by atoms with Gasteiger partial charge in [-0.3, -0.25) is 9.59 Å². The number of fused-ring (bicyclic) bond motifs is 1. The first-order valence-electron chi connectivity index (χ1n) is 9.53. The molecular weight excluding hydrogens is 408 g/mol. The summed E-state index contributed by atoms with van der Waals surface area (Å²) in [6, 6.07) is 12.6. The van der Waals surface area contributed by atoms with Crippen LogP contribution in [0.1, 0.15) is 39.3 Å². The van der Waals surface area contributed by atoms with Gasteiger partial charge in [0.2, 0.25) is 0 Å². The van der Waals surface area contributed by atoms with Crippen molar-refractivity contribution in [1.29, 1.82) is 0 Å². The Kier molecular flexibility index (Phi) is 5.74. The highest BCUT2D eigenvalue weighted by molar-refractivity contribution is 7.21. The molecule has 0 saturated carbocycles. The van der Waals surface area contributed by atoms with E-state index in [0.29, 0.717) is 26.9 Å². The monoisotopic (exact) mass is 428 g/mol. The molecule has 0 radical (unpaired) electrons. The molecule has 150 valence electrons. The van der Waals surface area contributed by atoms with Gasteiger partial charge in [0, 0.05) is 34.4 Å². The summed E-state index contributed by atoms with van der Waals surface area (Å²) in [5.74, 6) is 0.428. The number of nitrogens with zero attached hydrogens (tertiary/aromatic N) is 1. The smallest absolute Gasteiger partial charge is 0.267 e. The molecule has 1 fully saturated rings. The van der Waals surface area contributed by atoms with Crippen LogP contribution in [0, 0.1) is 0 Å². The van der Waals surface area contributed by atoms with E-state index in [0.717, 1.165) is 36.0 Å². The lowest BCUT2D eigenvalue weighted by atomic mass is 10.1. The molecule has 2 heterocycles. The van der Waals surface area contributed by atoms with Crippen LogP contribution < -0.4 is 10.1 Å². The van der Waals surface area contributed by atoms with Crippen LogP contribution in [-0.4, -0.2) is 36.9 Å². The number of nitrogens with one attached hydrogen (secondary N) is 1. The van der Waals surface area contributed by atoms with E-state index in [-0.39, 0.29) is 11.8 Å². The first-order valence-corrected chi connectivity index (χ1v) is 10.7. The molecule has 1 aliphatic rings. The Bertz CT molecular complexity index is 1070. The lowest BCUT2D eigenvalue weighted by molar-refractivity contribution is 0.0724. The van der Waals surface area contributed by atoms with Gasteiger partial charge in [-0.2, -0.15) is 0 Å². The maximum atomic E-state index is 12.8. The fourth-order valence-electron chi connectivity index (χ4n) is 3.52. The van der Waals surface area contributed by atoms with E-state index in [1.807, 2.05) is 23.1 Å². The van der Waals surface area contributed by atoms with Gasteiger partial charge in [0.1, 0.15) is 10.6 Å². The molecule has 0 spiro atoms. The summed E-state index contributed by atoms with van der Waals surface area (Å²) in [4.78, 5) is 27.9. The Morgan fingerprint density at radius 3 is 2.66 bits per heavy atom. The van der Waals surface area contributed by atoms with Crippen LogP contribution in [0.3, 0.4) is 0 Å². The van der Waals surface area contributed by atoms with Crippen LogP contribution in [0.25, 0.3) is 10.1 Å². The van der Waals surface area contributed by atoms with E-state index in [2.05, 4.69) is 5.32 Å². The second kappa shape index (κ2) is 8.43. The third kappa shape index (κ3) is 4.09. The molecule has 1 N–H and O–H groups in total. The quantitative estimate of drug-likeness (QED) is 0.601. The summed E-state index contributed by atoms with van der Waals surface area (Å²) >= 11 is 7.76. The first-order chi connectivity index (χ1) is 14.1. The molecule has 5 nitrogen and oxygen atoms in total. The number of rotatable bonds is 4. The highest BCUT2D eigenvalue weighted by Gasteiger charge is 2.20. The van der Waals surface area contributed by atoms with Crippen molar-refractivity contribution < 1.29 is 14.3 Å². The SMILES string of the molecule is COc1ccc2c(Cl)c(C(=O)Nc3cccc(C(=O)N4CCCCC4)c3)sc2c1. The number of hydrogen-bond acceptors (Lipinski definition) is 4. The lowest BCUT2D eigenvalue weighted by Crippen LogP contribution is -2.35. The van der Waals surface area contributed by atoms with Gasteiger partial charge in [0.05, 0.1) is 12.1 Å². The molecule has 3 aromatic rings. The molecule has 4 rings (SSSR count). The van der Waals surface area contributed by atoms with E-state index >= 15 is 0 Å². The number of amides is 2. The van der Waals surface area contributed by atoms with E-state index in [9.17, 15) is 9.59 Å². The number of hydrogen-bond donors (Lipinski definition) is 1. The topological polar surface area (TPSA) is 58.6 Å². The Labute approximate surface area is 178 Å². The lowest BCUT2D eigenvalue weighted by Gasteiger charge is -2.26. The summed E-state index contributed by atoms with van der Waals surface area (Å²) in [6.07, 6.45) is 3.25. The van der Waals surface area contributed by atoms with E-state index < -0.39 is 0 Å². The summed E-state index contributed by atoms with van der Waals surface area (Å²) in [6.45, 7) is 1.58. The number of ether oxygens (including phenoxy) is 1. The highest BCUT2D eigenvalue weighted by Crippen LogP contribution is 2.37. The number of likely N-dealkylation sites (tertiary alicyclic amines) is 1. The van der Waals surface area contributed by atoms with E-state index in [1.54, 1.807) is 31.4 Å². The van der Waals surface area contributed by atoms with Crippen molar-refractivity contribution in [2.75, 3.05) is 25.5 Å². The molecule has 1 aliphatic heterocycles. The minimum atomic E-state index is -0.294. The van der Waals surface area contributed by atoms with Gasteiger partial charge < -0.3 is 15.0 Å². The second-order valence-corrected chi connectivity index (χ2v) is 8.43. The predicted molar refractivity (Wildman–Crippen MR) is 118 cm³/mol. The molecule has 1 aromatic heterocycles. The Hall–Kier alpha value is -2.57. The summed E-state index contributed by atoms with van der Waals surface area (Å²) in [5.41, 5.74) is 1.15. The average Bonchev–Trinajstić information content (AvgIpc) is 3.10. The van der Waals surface area contributed by atoms with Gasteiger partial charge in [-0.05, 0) is 55.7 Å². The van der Waals surface area contributed by atoms with Crippen molar-refractivity contribution >= 4 is 50.5 Å². The Morgan fingerprint density at radius 1 is 1.10 bits per heavy atom. The summed E-state index contributed by atoms with van der Waals surface area (Å²) < 4.78 is 6.12. The van der Waals surface area contributed by atoms with Gasteiger partial charge in [0.15, 0.2) is 0 Å². The van der Waals surface area contributed by atoms with Gasteiger partial charge in [-0.25, -0.2) is 0 Å². The highest BCUT2D eigenvalue weighted by atomic mass is 35.5. The number of carbonyl (C=O) groups excluding carboxylic acids is 2. The van der Waals surface area contributed by atoms with Crippen molar-refractivity contribution in [1.82, 2.24) is 4.90 Å². The standard InChI is InChI=1S/C22H21ClN2O3S/c1-28-16-8-9-17-18(13-16)29-20(19(17)23)21(26)24-15-7-5-6-14(12-15)22(27)25-10-3-2-4-11-25/h5-9,12-13H,2-4,10-11H2,1H3,(H,24,26). The van der Waals surface area contributed by atoms with Crippen LogP contribution in [0.15, 0.2) is 42.5 Å². The molecule has 2 amide bonds. The third-order valence-corrected chi connectivity index (χ3v) is 6.71. The van der Waals surface area contributed by atoms with Crippen molar-refractivity contribution in [3.05, 3.63) is 57.9 Å². The van der Waals surface area contributed by atoms with Crippen molar-refractivity contribution in [3.8, 4) is 5.75 Å². The van der Waals surface area contributed by atoms with Gasteiger partial charge in [0.25, 0.3) is 11.8 Å². The zero-order valence-corrected chi connectivity index (χ0v) is 17.6. The Balaban J connectivity index is 1.55. The van der Waals surface area contributed by atoms with Crippen LogP contribution >= 0.6 is 22.9 Å². The molecule has 0 unspecified atom stereocenters. The maximum absolute atomic E-state index is 12.8. The largest absolute Gasteiger partial charge is 0.497 e. The number of carbonyl (C=O) groups is 2. The van der Waals surface area contributed by atoms with Gasteiger partial charge >= 0.3 is 0 Å². The van der Waals surface area contributed by atoms with Crippen molar-refractivity contribution in [2.24, 2.45) is 0 Å². The molecule has 2 aromatic carbocycles. The van der Waals surface area contributed by atoms with Crippen LogP contribution in [0.4, 0.5) is 5.69 Å². The van der Waals surface area contributed by atoms with Crippen molar-refractivity contribution in [2.45, 2.75) is 19.3 Å². The van der Waals surface area contributed by atoms with Crippen LogP contribution in [-0.2, 0) is 0 Å². The van der Waals surface area contributed by atoms with Gasteiger partial charge in [-0.15, -0.1) is 11.3 Å². The molecule has 7 heteroatoms. The number of halogens is 1. The molecule has 29 heavy (non-hydrogen) atoms. The second-order valence-electron chi connectivity index (χ2n) is 7.00. The third-order valence-electron chi connectivity index (χ3n) is 5.05. The molecule has 0 atom stereocenters. The van der Waals surface area contributed by atoms with E-state index in [1.165, 1.54) is 17.8 Å². The Morgan fingerprint density at radius 2 is 1.90 bits per heavy atom. The maximum Gasteiger partial charge on any atom is 0.267 e. The molecule has 1 saturated heterocycles. The summed E-state index contributed by atoms with van der Waals surface area (Å²) in [7, 11) is 1.60.